The van der Waals surface area contributed by atoms with Crippen LogP contribution in [0.2, 0.25) is 5.02 Å². The highest BCUT2D eigenvalue weighted by atomic mass is 35.5. The first-order valence-electron chi connectivity index (χ1n) is 8.17. The van der Waals surface area contributed by atoms with Crippen LogP contribution in [0.25, 0.3) is 0 Å². The molecule has 0 aromatic heterocycles. The first-order valence-corrected chi connectivity index (χ1v) is 8.55. The molecule has 0 aliphatic carbocycles. The second-order valence-electron chi connectivity index (χ2n) is 5.78. The molecule has 0 bridgehead atoms. The molecule has 6 heteroatoms. The molecule has 2 aromatic rings. The maximum absolute atomic E-state index is 12.5. The lowest BCUT2D eigenvalue weighted by atomic mass is 10.1. The predicted octanol–water partition coefficient (Wildman–Crippen LogP) is 3.73. The number of rotatable bonds is 5. The number of ether oxygens (including phenoxy) is 1. The van der Waals surface area contributed by atoms with Crippen LogP contribution in [0.3, 0.4) is 0 Å². The average Bonchev–Trinajstić information content (AvgIpc) is 2.99. The summed E-state index contributed by atoms with van der Waals surface area (Å²) in [7, 11) is 0. The maximum Gasteiger partial charge on any atom is 0.229 e. The molecule has 1 aliphatic rings. The van der Waals surface area contributed by atoms with E-state index in [0.29, 0.717) is 35.3 Å². The summed E-state index contributed by atoms with van der Waals surface area (Å²) < 4.78 is 5.59. The Kier molecular flexibility index (Phi) is 5.24. The molecule has 0 spiro atoms. The number of carbonyl (C=O) groups is 2. The smallest absolute Gasteiger partial charge is 0.229 e. The summed E-state index contributed by atoms with van der Waals surface area (Å²) in [5.74, 6) is -0.0896. The van der Waals surface area contributed by atoms with Crippen LogP contribution in [-0.2, 0) is 9.59 Å². The number of carbonyl (C=O) groups excluding carboxylic acids is 2. The van der Waals surface area contributed by atoms with Gasteiger partial charge in [-0.15, -0.1) is 0 Å². The number of para-hydroxylation sites is 3. The molecule has 5 nitrogen and oxygen atoms in total. The number of nitrogens with one attached hydrogen (secondary N) is 1. The third kappa shape index (κ3) is 3.77. The molecule has 0 radical (unpaired) electrons. The SMILES string of the molecule is CCOc1ccccc1N1C[C@H](C(=O)Nc2ccccc2Cl)CC1=O. The van der Waals surface area contributed by atoms with Crippen molar-refractivity contribution in [3.05, 3.63) is 53.6 Å². The van der Waals surface area contributed by atoms with E-state index in [4.69, 9.17) is 16.3 Å². The fraction of sp³-hybridized carbons (Fsp3) is 0.263. The van der Waals surface area contributed by atoms with E-state index in [9.17, 15) is 9.59 Å². The second-order valence-corrected chi connectivity index (χ2v) is 6.18. The molecule has 0 unspecified atom stereocenters. The van der Waals surface area contributed by atoms with Gasteiger partial charge in [-0.2, -0.15) is 0 Å². The van der Waals surface area contributed by atoms with E-state index in [0.717, 1.165) is 0 Å². The third-order valence-electron chi connectivity index (χ3n) is 4.08. The lowest BCUT2D eigenvalue weighted by Gasteiger charge is -2.20. The van der Waals surface area contributed by atoms with Crippen LogP contribution in [0, 0.1) is 5.92 Å². The van der Waals surface area contributed by atoms with Gasteiger partial charge in [0, 0.05) is 13.0 Å². The highest BCUT2D eigenvalue weighted by Crippen LogP contribution is 2.33. The van der Waals surface area contributed by atoms with Gasteiger partial charge in [0.2, 0.25) is 11.8 Å². The summed E-state index contributed by atoms with van der Waals surface area (Å²) in [4.78, 5) is 26.6. The van der Waals surface area contributed by atoms with Gasteiger partial charge in [-0.3, -0.25) is 9.59 Å². The quantitative estimate of drug-likeness (QED) is 0.886. The van der Waals surface area contributed by atoms with Gasteiger partial charge in [0.05, 0.1) is 28.9 Å². The highest BCUT2D eigenvalue weighted by molar-refractivity contribution is 6.33. The van der Waals surface area contributed by atoms with E-state index in [-0.39, 0.29) is 18.2 Å². The molecule has 1 saturated heterocycles. The fourth-order valence-corrected chi connectivity index (χ4v) is 3.05. The summed E-state index contributed by atoms with van der Waals surface area (Å²) >= 11 is 6.08. The molecule has 0 saturated carbocycles. The molecule has 1 N–H and O–H groups in total. The normalized spacial score (nSPS) is 16.8. The molecule has 25 heavy (non-hydrogen) atoms. The number of halogens is 1. The van der Waals surface area contributed by atoms with E-state index in [1.807, 2.05) is 31.2 Å². The van der Waals surface area contributed by atoms with Crippen LogP contribution in [0.5, 0.6) is 5.75 Å². The summed E-state index contributed by atoms with van der Waals surface area (Å²) in [5, 5.41) is 3.27. The molecule has 2 aromatic carbocycles. The number of benzene rings is 2. The van der Waals surface area contributed by atoms with Crippen LogP contribution in [0.4, 0.5) is 11.4 Å². The molecule has 2 amide bonds. The first-order chi connectivity index (χ1) is 12.1. The molecule has 130 valence electrons. The Bertz CT molecular complexity index is 794. The largest absolute Gasteiger partial charge is 0.492 e. The van der Waals surface area contributed by atoms with Crippen molar-refractivity contribution in [2.45, 2.75) is 13.3 Å². The standard InChI is InChI=1S/C19H19ClN2O3/c1-2-25-17-10-6-5-9-16(17)22-12-13(11-18(22)23)19(24)21-15-8-4-3-7-14(15)20/h3-10,13H,2,11-12H2,1H3,(H,21,24)/t13-/m1/s1. The lowest BCUT2D eigenvalue weighted by Crippen LogP contribution is -2.28. The number of amides is 2. The highest BCUT2D eigenvalue weighted by Gasteiger charge is 2.36. The van der Waals surface area contributed by atoms with Gasteiger partial charge in [-0.25, -0.2) is 0 Å². The van der Waals surface area contributed by atoms with Crippen LogP contribution in [0.1, 0.15) is 13.3 Å². The van der Waals surface area contributed by atoms with E-state index >= 15 is 0 Å². The molecule has 1 aliphatic heterocycles. The number of nitrogens with zero attached hydrogens (tertiary/aromatic N) is 1. The van der Waals surface area contributed by atoms with Crippen molar-refractivity contribution in [1.29, 1.82) is 0 Å². The number of hydrogen-bond acceptors (Lipinski definition) is 3. The van der Waals surface area contributed by atoms with Crippen molar-refractivity contribution in [1.82, 2.24) is 0 Å². The van der Waals surface area contributed by atoms with Gasteiger partial charge in [-0.05, 0) is 31.2 Å². The Morgan fingerprint density at radius 1 is 1.24 bits per heavy atom. The van der Waals surface area contributed by atoms with Gasteiger partial charge >= 0.3 is 0 Å². The lowest BCUT2D eigenvalue weighted by molar-refractivity contribution is -0.122. The molecule has 1 heterocycles. The first kappa shape index (κ1) is 17.3. The Morgan fingerprint density at radius 3 is 2.72 bits per heavy atom. The van der Waals surface area contributed by atoms with Crippen molar-refractivity contribution in [2.24, 2.45) is 5.92 Å². The molecule has 1 fully saturated rings. The molecular formula is C19H19ClN2O3. The summed E-state index contributed by atoms with van der Waals surface area (Å²) in [6.45, 7) is 2.72. The van der Waals surface area contributed by atoms with Crippen LogP contribution in [-0.4, -0.2) is 25.0 Å². The Balaban J connectivity index is 1.74. The molecule has 1 atom stereocenters. The van der Waals surface area contributed by atoms with E-state index in [1.165, 1.54) is 0 Å². The average molecular weight is 359 g/mol. The van der Waals surface area contributed by atoms with E-state index < -0.39 is 5.92 Å². The van der Waals surface area contributed by atoms with Gasteiger partial charge < -0.3 is 15.0 Å². The minimum absolute atomic E-state index is 0.0912. The Morgan fingerprint density at radius 2 is 1.96 bits per heavy atom. The topological polar surface area (TPSA) is 58.6 Å². The van der Waals surface area contributed by atoms with Gasteiger partial charge in [0.25, 0.3) is 0 Å². The van der Waals surface area contributed by atoms with Gasteiger partial charge in [0.15, 0.2) is 0 Å². The summed E-state index contributed by atoms with van der Waals surface area (Å²) in [6.07, 6.45) is 0.163. The van der Waals surface area contributed by atoms with Crippen LogP contribution >= 0.6 is 11.6 Å². The van der Waals surface area contributed by atoms with Crippen molar-refractivity contribution in [3.8, 4) is 5.75 Å². The van der Waals surface area contributed by atoms with E-state index in [2.05, 4.69) is 5.32 Å². The summed E-state index contributed by atoms with van der Waals surface area (Å²) in [5.41, 5.74) is 1.25. The number of anilines is 2. The third-order valence-corrected chi connectivity index (χ3v) is 4.41. The van der Waals surface area contributed by atoms with Crippen molar-refractivity contribution in [3.63, 3.8) is 0 Å². The van der Waals surface area contributed by atoms with Gasteiger partial charge in [-0.1, -0.05) is 35.9 Å². The minimum Gasteiger partial charge on any atom is -0.492 e. The Hall–Kier alpha value is -2.53. The molecular weight excluding hydrogens is 340 g/mol. The monoisotopic (exact) mass is 358 g/mol. The minimum atomic E-state index is -0.432. The van der Waals surface area contributed by atoms with Crippen molar-refractivity contribution >= 4 is 34.8 Å². The zero-order valence-electron chi connectivity index (χ0n) is 13.9. The van der Waals surface area contributed by atoms with E-state index in [1.54, 1.807) is 29.2 Å². The number of hydrogen-bond donors (Lipinski definition) is 1. The van der Waals surface area contributed by atoms with Crippen LogP contribution in [0.15, 0.2) is 48.5 Å². The van der Waals surface area contributed by atoms with Crippen LogP contribution < -0.4 is 15.0 Å². The van der Waals surface area contributed by atoms with Crippen molar-refractivity contribution < 1.29 is 14.3 Å². The second kappa shape index (κ2) is 7.57. The zero-order chi connectivity index (χ0) is 17.8. The Labute approximate surface area is 151 Å². The summed E-state index contributed by atoms with van der Waals surface area (Å²) in [6, 6.07) is 14.4. The maximum atomic E-state index is 12.5. The van der Waals surface area contributed by atoms with Crippen molar-refractivity contribution in [2.75, 3.05) is 23.4 Å². The van der Waals surface area contributed by atoms with Gasteiger partial charge in [0.1, 0.15) is 5.75 Å². The molecule has 3 rings (SSSR count). The fourth-order valence-electron chi connectivity index (χ4n) is 2.87. The predicted molar refractivity (Wildman–Crippen MR) is 98.2 cm³/mol. The zero-order valence-corrected chi connectivity index (χ0v) is 14.6.